The van der Waals surface area contributed by atoms with Gasteiger partial charge in [0.15, 0.2) is 0 Å². The van der Waals surface area contributed by atoms with Crippen LogP contribution >= 0.6 is 0 Å². The lowest BCUT2D eigenvalue weighted by Gasteiger charge is -2.28. The maximum absolute atomic E-state index is 5.38. The molecule has 110 valence electrons. The van der Waals surface area contributed by atoms with Crippen molar-refractivity contribution in [2.75, 3.05) is 31.2 Å². The van der Waals surface area contributed by atoms with Crippen molar-refractivity contribution >= 4 is 19.5 Å². The Morgan fingerprint density at radius 3 is 2.67 bits per heavy atom. The van der Waals surface area contributed by atoms with E-state index in [1.807, 2.05) is 16.8 Å². The van der Waals surface area contributed by atoms with Crippen LogP contribution < -0.4 is 4.90 Å². The molecule has 21 heavy (non-hydrogen) atoms. The smallest absolute Gasteiger partial charge is 0.255 e. The second-order valence-corrected chi connectivity index (χ2v) is 10.9. The van der Waals surface area contributed by atoms with Gasteiger partial charge >= 0.3 is 0 Å². The van der Waals surface area contributed by atoms with Gasteiger partial charge in [0, 0.05) is 19.3 Å². The quantitative estimate of drug-likeness (QED) is 0.585. The van der Waals surface area contributed by atoms with Crippen LogP contribution in [0.25, 0.3) is 5.78 Å². The van der Waals surface area contributed by atoms with Crippen molar-refractivity contribution in [3.63, 3.8) is 0 Å². The van der Waals surface area contributed by atoms with Crippen LogP contribution in [-0.4, -0.2) is 54.0 Å². The fraction of sp³-hybridized carbons (Fsp3) is 0.500. The molecule has 0 spiro atoms. The van der Waals surface area contributed by atoms with Gasteiger partial charge in [0.25, 0.3) is 5.78 Å². The van der Waals surface area contributed by atoms with Gasteiger partial charge in [0.05, 0.1) is 25.1 Å². The monoisotopic (exact) mass is 301 g/mol. The Balaban J connectivity index is 1.97. The number of nitrogens with zero attached hydrogens (tertiary/aromatic N) is 5. The standard InChI is InChI=1S/C14H19N5OSi/c1-21(2,3)9-4-13-16-17-14-15-10-12(11-19(13)14)18-5-7-20-8-6-18/h10-11H,5-8H2,1-3H3. The lowest BCUT2D eigenvalue weighted by molar-refractivity contribution is 0.122. The maximum atomic E-state index is 5.38. The molecular weight excluding hydrogens is 282 g/mol. The van der Waals surface area contributed by atoms with E-state index in [1.165, 1.54) is 0 Å². The number of hydrogen-bond donors (Lipinski definition) is 0. The molecule has 0 N–H and O–H groups in total. The summed E-state index contributed by atoms with van der Waals surface area (Å²) < 4.78 is 7.26. The Hall–Kier alpha value is -1.91. The molecule has 1 aliphatic rings. The SMILES string of the molecule is C[Si](C)(C)C#Cc1nnc2ncc(N3CCOCC3)cn12. The average molecular weight is 301 g/mol. The van der Waals surface area contributed by atoms with Crippen molar-refractivity contribution < 1.29 is 4.74 Å². The average Bonchev–Trinajstić information content (AvgIpc) is 2.87. The summed E-state index contributed by atoms with van der Waals surface area (Å²) in [6, 6.07) is 0. The first-order valence-corrected chi connectivity index (χ1v) is 10.6. The third-order valence-corrected chi connectivity index (χ3v) is 4.05. The molecule has 0 aliphatic carbocycles. The van der Waals surface area contributed by atoms with Crippen LogP contribution in [0.2, 0.25) is 19.6 Å². The number of fused-ring (bicyclic) bond motifs is 1. The number of aromatic nitrogens is 4. The molecule has 0 amide bonds. The fourth-order valence-electron chi connectivity index (χ4n) is 2.09. The molecule has 0 bridgehead atoms. The molecule has 3 heterocycles. The summed E-state index contributed by atoms with van der Waals surface area (Å²) in [4.78, 5) is 6.63. The zero-order valence-corrected chi connectivity index (χ0v) is 13.6. The van der Waals surface area contributed by atoms with Crippen LogP contribution in [0.3, 0.4) is 0 Å². The van der Waals surface area contributed by atoms with Crippen LogP contribution in [0.1, 0.15) is 5.82 Å². The summed E-state index contributed by atoms with van der Waals surface area (Å²) in [5.41, 5.74) is 4.38. The highest BCUT2D eigenvalue weighted by Gasteiger charge is 2.14. The highest BCUT2D eigenvalue weighted by Crippen LogP contribution is 2.15. The first kappa shape index (κ1) is 14.0. The summed E-state index contributed by atoms with van der Waals surface area (Å²) in [6.45, 7) is 9.89. The lowest BCUT2D eigenvalue weighted by Crippen LogP contribution is -2.36. The van der Waals surface area contributed by atoms with E-state index < -0.39 is 8.07 Å². The van der Waals surface area contributed by atoms with Crippen LogP contribution in [0.4, 0.5) is 5.69 Å². The molecule has 0 saturated carbocycles. The van der Waals surface area contributed by atoms with Crippen molar-refractivity contribution in [1.29, 1.82) is 0 Å². The number of hydrogen-bond acceptors (Lipinski definition) is 5. The molecule has 0 aromatic carbocycles. The molecule has 1 aliphatic heterocycles. The molecule has 3 rings (SSSR count). The van der Waals surface area contributed by atoms with Crippen molar-refractivity contribution in [3.05, 3.63) is 18.2 Å². The van der Waals surface area contributed by atoms with E-state index in [1.54, 1.807) is 0 Å². The van der Waals surface area contributed by atoms with E-state index >= 15 is 0 Å². The largest absolute Gasteiger partial charge is 0.378 e. The Morgan fingerprint density at radius 1 is 1.19 bits per heavy atom. The molecule has 1 fully saturated rings. The van der Waals surface area contributed by atoms with Gasteiger partial charge in [-0.15, -0.1) is 15.7 Å². The number of anilines is 1. The highest BCUT2D eigenvalue weighted by atomic mass is 28.3. The second kappa shape index (κ2) is 5.46. The summed E-state index contributed by atoms with van der Waals surface area (Å²) >= 11 is 0. The summed E-state index contributed by atoms with van der Waals surface area (Å²) in [5.74, 6) is 4.41. The third kappa shape index (κ3) is 3.23. The van der Waals surface area contributed by atoms with E-state index in [0.717, 1.165) is 32.0 Å². The first-order valence-electron chi connectivity index (χ1n) is 7.10. The molecule has 0 unspecified atom stereocenters. The van der Waals surface area contributed by atoms with Crippen molar-refractivity contribution in [3.8, 4) is 11.5 Å². The predicted octanol–water partition coefficient (Wildman–Crippen LogP) is 1.19. The van der Waals surface area contributed by atoms with Crippen LogP contribution in [0, 0.1) is 11.5 Å². The molecule has 0 radical (unpaired) electrons. The van der Waals surface area contributed by atoms with E-state index in [0.29, 0.717) is 11.6 Å². The van der Waals surface area contributed by atoms with Gasteiger partial charge in [-0.1, -0.05) is 19.6 Å². The molecule has 0 atom stereocenters. The first-order chi connectivity index (χ1) is 10.0. The number of rotatable bonds is 1. The molecular formula is C14H19N5OSi. The lowest BCUT2D eigenvalue weighted by atomic mass is 10.3. The zero-order valence-electron chi connectivity index (χ0n) is 12.6. The van der Waals surface area contributed by atoms with E-state index in [-0.39, 0.29) is 0 Å². The van der Waals surface area contributed by atoms with E-state index in [2.05, 4.69) is 51.2 Å². The van der Waals surface area contributed by atoms with Gasteiger partial charge in [0.1, 0.15) is 8.07 Å². The Morgan fingerprint density at radius 2 is 1.95 bits per heavy atom. The predicted molar refractivity (Wildman–Crippen MR) is 84.0 cm³/mol. The van der Waals surface area contributed by atoms with E-state index in [9.17, 15) is 0 Å². The van der Waals surface area contributed by atoms with Crippen LogP contribution in [-0.2, 0) is 4.74 Å². The highest BCUT2D eigenvalue weighted by molar-refractivity contribution is 6.83. The number of morpholine rings is 1. The Labute approximate surface area is 125 Å². The zero-order chi connectivity index (χ0) is 14.9. The van der Waals surface area contributed by atoms with Crippen LogP contribution in [0.15, 0.2) is 12.4 Å². The topological polar surface area (TPSA) is 55.5 Å². The van der Waals surface area contributed by atoms with Gasteiger partial charge in [0.2, 0.25) is 5.82 Å². The second-order valence-electron chi connectivity index (χ2n) is 6.11. The van der Waals surface area contributed by atoms with Gasteiger partial charge in [-0.05, 0) is 5.92 Å². The van der Waals surface area contributed by atoms with Gasteiger partial charge in [-0.25, -0.2) is 4.98 Å². The van der Waals surface area contributed by atoms with Crippen molar-refractivity contribution in [2.24, 2.45) is 0 Å². The van der Waals surface area contributed by atoms with Crippen molar-refractivity contribution in [1.82, 2.24) is 19.6 Å². The molecule has 1 saturated heterocycles. The normalized spacial score (nSPS) is 15.9. The fourth-order valence-corrected chi connectivity index (χ4v) is 2.58. The van der Waals surface area contributed by atoms with Gasteiger partial charge in [-0.3, -0.25) is 4.40 Å². The third-order valence-electron chi connectivity index (χ3n) is 3.18. The molecule has 6 nitrogen and oxygen atoms in total. The van der Waals surface area contributed by atoms with Gasteiger partial charge in [-0.2, -0.15) is 0 Å². The van der Waals surface area contributed by atoms with Crippen molar-refractivity contribution in [2.45, 2.75) is 19.6 Å². The number of ether oxygens (including phenoxy) is 1. The van der Waals surface area contributed by atoms with Crippen LogP contribution in [0.5, 0.6) is 0 Å². The van der Waals surface area contributed by atoms with E-state index in [4.69, 9.17) is 4.74 Å². The minimum Gasteiger partial charge on any atom is -0.378 e. The Bertz CT molecular complexity index is 703. The molecule has 2 aromatic heterocycles. The summed E-state index contributed by atoms with van der Waals surface area (Å²) in [5, 5.41) is 8.22. The summed E-state index contributed by atoms with van der Waals surface area (Å²) in [6.07, 6.45) is 3.85. The van der Waals surface area contributed by atoms with Gasteiger partial charge < -0.3 is 9.64 Å². The Kier molecular flexibility index (Phi) is 3.65. The maximum Gasteiger partial charge on any atom is 0.255 e. The molecule has 7 heteroatoms. The minimum absolute atomic E-state index is 0.590. The minimum atomic E-state index is -1.44. The molecule has 2 aromatic rings. The summed E-state index contributed by atoms with van der Waals surface area (Å²) in [7, 11) is -1.44.